The lowest BCUT2D eigenvalue weighted by atomic mass is 10.3. The molecular weight excluding hydrogens is 377 g/mol. The highest BCUT2D eigenvalue weighted by atomic mass is 19.4. The van der Waals surface area contributed by atoms with Crippen molar-refractivity contribution in [2.24, 2.45) is 0 Å². The Labute approximate surface area is 154 Å². The van der Waals surface area contributed by atoms with Crippen LogP contribution in [0.1, 0.15) is 5.56 Å². The van der Waals surface area contributed by atoms with Crippen LogP contribution in [-0.2, 0) is 6.54 Å². The van der Waals surface area contributed by atoms with E-state index in [0.29, 0.717) is 5.69 Å². The zero-order valence-electron chi connectivity index (χ0n) is 14.0. The van der Waals surface area contributed by atoms with Gasteiger partial charge in [0, 0.05) is 12.4 Å². The summed E-state index contributed by atoms with van der Waals surface area (Å²) in [4.78, 5) is 20.9. The molecule has 1 aromatic carbocycles. The molecule has 0 unspecified atom stereocenters. The van der Waals surface area contributed by atoms with Crippen molar-refractivity contribution in [3.8, 4) is 11.4 Å². The summed E-state index contributed by atoms with van der Waals surface area (Å²) in [6, 6.07) is 8.58. The maximum Gasteiger partial charge on any atom is 0.573 e. The summed E-state index contributed by atoms with van der Waals surface area (Å²) in [5.41, 5.74) is 1.04. The number of fused-ring (bicyclic) bond motifs is 1. The number of hydrogen-bond donors (Lipinski definition) is 0. The highest BCUT2D eigenvalue weighted by Crippen LogP contribution is 2.24. The molecule has 3 aromatic heterocycles. The van der Waals surface area contributed by atoms with Gasteiger partial charge in [-0.3, -0.25) is 14.3 Å². The van der Waals surface area contributed by atoms with Gasteiger partial charge in [0.15, 0.2) is 11.2 Å². The van der Waals surface area contributed by atoms with Crippen molar-refractivity contribution in [2.75, 3.05) is 0 Å². The number of pyridine rings is 1. The first-order valence-corrected chi connectivity index (χ1v) is 7.97. The van der Waals surface area contributed by atoms with Crippen LogP contribution in [-0.4, -0.2) is 35.9 Å². The van der Waals surface area contributed by atoms with E-state index in [1.807, 2.05) is 6.07 Å². The summed E-state index contributed by atoms with van der Waals surface area (Å²) in [5.74, 6) is -0.368. The molecule has 0 bridgehead atoms. The number of ether oxygens (including phenoxy) is 1. The molecule has 0 atom stereocenters. The Balaban J connectivity index is 1.66. The first-order valence-electron chi connectivity index (χ1n) is 7.97. The molecule has 0 saturated heterocycles. The molecule has 0 saturated carbocycles. The monoisotopic (exact) mass is 388 g/mol. The fraction of sp³-hybridized carbons (Fsp3) is 0.118. The van der Waals surface area contributed by atoms with Gasteiger partial charge in [-0.05, 0) is 35.9 Å². The second kappa shape index (κ2) is 6.76. The van der Waals surface area contributed by atoms with Crippen molar-refractivity contribution >= 4 is 11.2 Å². The molecule has 11 heteroatoms. The van der Waals surface area contributed by atoms with Crippen molar-refractivity contribution in [3.63, 3.8) is 0 Å². The number of rotatable bonds is 4. The number of hydrogen-bond acceptors (Lipinski definition) is 6. The summed E-state index contributed by atoms with van der Waals surface area (Å²) in [6.07, 6.45) is -0.149. The van der Waals surface area contributed by atoms with Crippen molar-refractivity contribution in [3.05, 3.63) is 71.0 Å². The molecule has 0 N–H and O–H groups in total. The first-order chi connectivity index (χ1) is 13.4. The number of aromatic nitrogens is 6. The van der Waals surface area contributed by atoms with Crippen LogP contribution in [0.15, 0.2) is 59.9 Å². The largest absolute Gasteiger partial charge is 0.573 e. The maximum atomic E-state index is 12.6. The zero-order chi connectivity index (χ0) is 19.7. The minimum atomic E-state index is -4.78. The van der Waals surface area contributed by atoms with Crippen molar-refractivity contribution in [2.45, 2.75) is 12.9 Å². The van der Waals surface area contributed by atoms with Gasteiger partial charge in [0.1, 0.15) is 12.1 Å². The van der Waals surface area contributed by atoms with E-state index >= 15 is 0 Å². The molecule has 0 radical (unpaired) electrons. The van der Waals surface area contributed by atoms with Crippen LogP contribution >= 0.6 is 0 Å². The predicted molar refractivity (Wildman–Crippen MR) is 90.9 cm³/mol. The fourth-order valence-electron chi connectivity index (χ4n) is 2.61. The Morgan fingerprint density at radius 1 is 1.11 bits per heavy atom. The highest BCUT2D eigenvalue weighted by Gasteiger charge is 2.31. The minimum absolute atomic E-state index is 0.0435. The minimum Gasteiger partial charge on any atom is -0.406 e. The van der Waals surface area contributed by atoms with Crippen LogP contribution in [0.25, 0.3) is 16.9 Å². The van der Waals surface area contributed by atoms with E-state index in [4.69, 9.17) is 0 Å². The van der Waals surface area contributed by atoms with Crippen molar-refractivity contribution in [1.29, 1.82) is 0 Å². The molecule has 0 aliphatic carbocycles. The fourth-order valence-corrected chi connectivity index (χ4v) is 2.61. The van der Waals surface area contributed by atoms with Crippen LogP contribution in [0.2, 0.25) is 0 Å². The Hall–Kier alpha value is -3.76. The third-order valence-electron chi connectivity index (χ3n) is 3.82. The molecule has 0 amide bonds. The normalized spacial score (nSPS) is 11.7. The van der Waals surface area contributed by atoms with Crippen molar-refractivity contribution < 1.29 is 17.9 Å². The van der Waals surface area contributed by atoms with Gasteiger partial charge in [0.25, 0.3) is 5.56 Å². The molecule has 0 fully saturated rings. The van der Waals surface area contributed by atoms with Gasteiger partial charge in [0.05, 0.1) is 12.2 Å². The van der Waals surface area contributed by atoms with E-state index in [-0.39, 0.29) is 23.5 Å². The molecule has 142 valence electrons. The maximum absolute atomic E-state index is 12.6. The van der Waals surface area contributed by atoms with Crippen molar-refractivity contribution in [1.82, 2.24) is 29.5 Å². The van der Waals surface area contributed by atoms with Gasteiger partial charge < -0.3 is 4.74 Å². The Morgan fingerprint density at radius 2 is 1.89 bits per heavy atom. The summed E-state index contributed by atoms with van der Waals surface area (Å²) in [5, 5.41) is 7.76. The lowest BCUT2D eigenvalue weighted by molar-refractivity contribution is -0.274. The van der Waals surface area contributed by atoms with Gasteiger partial charge in [-0.25, -0.2) is 4.98 Å². The van der Waals surface area contributed by atoms with Crippen LogP contribution in [0, 0.1) is 0 Å². The topological polar surface area (TPSA) is 87.7 Å². The number of alkyl halides is 3. The predicted octanol–water partition coefficient (Wildman–Crippen LogP) is 2.32. The van der Waals surface area contributed by atoms with E-state index in [2.05, 4.69) is 25.0 Å². The van der Waals surface area contributed by atoms with E-state index in [1.54, 1.807) is 18.5 Å². The summed E-state index contributed by atoms with van der Waals surface area (Å²) in [6.45, 7) is 0.270. The molecule has 8 nitrogen and oxygen atoms in total. The van der Waals surface area contributed by atoms with E-state index in [9.17, 15) is 18.0 Å². The van der Waals surface area contributed by atoms with Gasteiger partial charge in [-0.15, -0.1) is 18.3 Å². The third-order valence-corrected chi connectivity index (χ3v) is 3.82. The van der Waals surface area contributed by atoms with Crippen LogP contribution in [0.4, 0.5) is 13.2 Å². The number of benzene rings is 1. The van der Waals surface area contributed by atoms with Gasteiger partial charge in [-0.2, -0.15) is 4.68 Å². The quantitative estimate of drug-likeness (QED) is 0.533. The van der Waals surface area contributed by atoms with Gasteiger partial charge in [-0.1, -0.05) is 11.3 Å². The lowest BCUT2D eigenvalue weighted by Gasteiger charge is -2.09. The first kappa shape index (κ1) is 17.6. The molecular formula is C17H11F3N6O2. The Kier molecular flexibility index (Phi) is 4.26. The highest BCUT2D eigenvalue weighted by molar-refractivity contribution is 5.70. The van der Waals surface area contributed by atoms with E-state index in [0.717, 1.165) is 17.7 Å². The average Bonchev–Trinajstić information content (AvgIpc) is 3.09. The molecule has 0 aliphatic heterocycles. The second-order valence-corrected chi connectivity index (χ2v) is 5.75. The standard InChI is InChI=1S/C17H11F3N6O2/c18-17(19,20)28-13-5-3-12(4-6-13)26-15-14(23-24-26)16(27)25(10-22-15)9-11-2-1-7-21-8-11/h1-8,10H,9H2. The van der Waals surface area contributed by atoms with E-state index in [1.165, 1.54) is 27.7 Å². The lowest BCUT2D eigenvalue weighted by Crippen LogP contribution is -2.21. The molecule has 0 aliphatic rings. The molecule has 4 aromatic rings. The molecule has 0 spiro atoms. The molecule has 3 heterocycles. The molecule has 4 rings (SSSR count). The van der Waals surface area contributed by atoms with Crippen LogP contribution in [0.3, 0.4) is 0 Å². The Bertz CT molecular complexity index is 1170. The van der Waals surface area contributed by atoms with E-state index < -0.39 is 11.9 Å². The average molecular weight is 388 g/mol. The summed E-state index contributed by atoms with van der Waals surface area (Å²) < 4.78 is 43.3. The van der Waals surface area contributed by atoms with Gasteiger partial charge >= 0.3 is 6.36 Å². The third kappa shape index (κ3) is 3.54. The molecule has 28 heavy (non-hydrogen) atoms. The van der Waals surface area contributed by atoms with Gasteiger partial charge in [0.2, 0.25) is 0 Å². The summed E-state index contributed by atoms with van der Waals surface area (Å²) in [7, 11) is 0. The smallest absolute Gasteiger partial charge is 0.406 e. The second-order valence-electron chi connectivity index (χ2n) is 5.75. The Morgan fingerprint density at radius 3 is 2.57 bits per heavy atom. The number of nitrogens with zero attached hydrogens (tertiary/aromatic N) is 6. The summed E-state index contributed by atoms with van der Waals surface area (Å²) >= 11 is 0. The van der Waals surface area contributed by atoms with Crippen LogP contribution < -0.4 is 10.3 Å². The van der Waals surface area contributed by atoms with Crippen LogP contribution in [0.5, 0.6) is 5.75 Å². The zero-order valence-corrected chi connectivity index (χ0v) is 14.0. The SMILES string of the molecule is O=c1c2nnn(-c3ccc(OC(F)(F)F)cc3)c2ncn1Cc1cccnc1. The number of halogens is 3.